The molecule has 2 heterocycles. The van der Waals surface area contributed by atoms with Crippen molar-refractivity contribution in [2.24, 2.45) is 11.3 Å². The SMILES string of the molecule is CC1C=C(F)C=CC1n1ncc2c1C=C1CC[C@H](S(=O)(=O)c3ccc(C(F)(F)F)cc3)C[C@@]1(C(=O)c1nccs1)C2. The maximum atomic E-state index is 14.1. The number of alkyl halides is 3. The Morgan fingerprint density at radius 1 is 1.20 bits per heavy atom. The van der Waals surface area contributed by atoms with Gasteiger partial charge in [0.1, 0.15) is 5.83 Å². The second-order valence-electron chi connectivity index (χ2n) is 10.8. The van der Waals surface area contributed by atoms with Gasteiger partial charge in [-0.3, -0.25) is 9.48 Å². The summed E-state index contributed by atoms with van der Waals surface area (Å²) in [5, 5.41) is 5.56. The molecule has 6 rings (SSSR count). The van der Waals surface area contributed by atoms with Gasteiger partial charge in [0.05, 0.1) is 39.1 Å². The van der Waals surface area contributed by atoms with E-state index in [9.17, 15) is 30.8 Å². The van der Waals surface area contributed by atoms with E-state index in [0.29, 0.717) is 6.42 Å². The molecule has 0 amide bonds. The minimum Gasteiger partial charge on any atom is -0.290 e. The summed E-state index contributed by atoms with van der Waals surface area (Å²) in [5.41, 5.74) is 0.212. The van der Waals surface area contributed by atoms with E-state index in [2.05, 4.69) is 10.1 Å². The van der Waals surface area contributed by atoms with Crippen LogP contribution in [0.1, 0.15) is 58.9 Å². The monoisotopic (exact) mass is 603 g/mol. The van der Waals surface area contributed by atoms with Gasteiger partial charge in [0.15, 0.2) is 14.8 Å². The second kappa shape index (κ2) is 9.87. The number of Topliss-reactive ketones (excluding diaryl/α,β-unsaturated/α-hetero) is 1. The first-order valence-corrected chi connectivity index (χ1v) is 15.5. The van der Waals surface area contributed by atoms with Crippen LogP contribution in [0.2, 0.25) is 0 Å². The lowest BCUT2D eigenvalue weighted by atomic mass is 9.62. The van der Waals surface area contributed by atoms with Crippen molar-refractivity contribution in [2.45, 2.75) is 55.0 Å². The van der Waals surface area contributed by atoms with Gasteiger partial charge in [-0.2, -0.15) is 18.3 Å². The molecule has 2 unspecified atom stereocenters. The van der Waals surface area contributed by atoms with Crippen LogP contribution in [0, 0.1) is 11.3 Å². The van der Waals surface area contributed by atoms with Crippen molar-refractivity contribution >= 4 is 33.0 Å². The van der Waals surface area contributed by atoms with Gasteiger partial charge in [-0.1, -0.05) is 18.6 Å². The molecule has 1 saturated carbocycles. The first-order valence-electron chi connectivity index (χ1n) is 13.1. The zero-order chi connectivity index (χ0) is 29.2. The summed E-state index contributed by atoms with van der Waals surface area (Å²) in [7, 11) is -4.05. The Hall–Kier alpha value is -3.38. The zero-order valence-electron chi connectivity index (χ0n) is 21.8. The Morgan fingerprint density at radius 3 is 2.61 bits per heavy atom. The average molecular weight is 604 g/mol. The number of aromatic nitrogens is 3. The third kappa shape index (κ3) is 4.70. The molecule has 2 aromatic heterocycles. The number of allylic oxidation sites excluding steroid dienone is 5. The molecule has 12 heteroatoms. The van der Waals surface area contributed by atoms with E-state index in [1.54, 1.807) is 17.7 Å². The number of carbonyl (C=O) groups is 1. The lowest BCUT2D eigenvalue weighted by Crippen LogP contribution is -2.45. The van der Waals surface area contributed by atoms with E-state index >= 15 is 0 Å². The number of rotatable bonds is 5. The standard InChI is InChI=1S/C29H25F4N3O3S2/c1-17-12-21(30)5-9-24(17)36-25-13-20-4-8-23(41(38,39)22-6-2-19(3-7-22)29(31,32)33)15-28(20,14-18(25)16-35-36)26(37)27-34-10-11-40-27/h2-3,5-7,9-13,16-17,23-24H,4,8,14-15H2,1H3/t17?,23-,24?,28-/m0/s1. The third-order valence-electron chi connectivity index (χ3n) is 8.35. The highest BCUT2D eigenvalue weighted by Crippen LogP contribution is 2.52. The summed E-state index contributed by atoms with van der Waals surface area (Å²) in [5.74, 6) is -0.746. The number of halogens is 4. The van der Waals surface area contributed by atoms with Gasteiger partial charge in [-0.05, 0) is 73.7 Å². The van der Waals surface area contributed by atoms with Crippen LogP contribution in [0.5, 0.6) is 0 Å². The van der Waals surface area contributed by atoms with Gasteiger partial charge in [0.25, 0.3) is 0 Å². The van der Waals surface area contributed by atoms with Crippen molar-refractivity contribution in [3.05, 3.63) is 93.5 Å². The Bertz CT molecular complexity index is 1700. The van der Waals surface area contributed by atoms with Crippen LogP contribution < -0.4 is 0 Å². The molecule has 214 valence electrons. The van der Waals surface area contributed by atoms with Gasteiger partial charge >= 0.3 is 6.18 Å². The Balaban J connectivity index is 1.39. The maximum Gasteiger partial charge on any atom is 0.416 e. The first kappa shape index (κ1) is 27.8. The number of sulfone groups is 1. The summed E-state index contributed by atoms with van der Waals surface area (Å²) in [6.07, 6.45) is 5.89. The molecule has 1 fully saturated rings. The van der Waals surface area contributed by atoms with Crippen LogP contribution in [0.25, 0.3) is 6.08 Å². The highest BCUT2D eigenvalue weighted by molar-refractivity contribution is 7.92. The highest BCUT2D eigenvalue weighted by Gasteiger charge is 2.52. The van der Waals surface area contributed by atoms with Crippen LogP contribution in [0.4, 0.5) is 17.6 Å². The van der Waals surface area contributed by atoms with E-state index in [0.717, 1.165) is 41.1 Å². The number of nitrogens with zero attached hydrogens (tertiary/aromatic N) is 3. The maximum absolute atomic E-state index is 14.1. The summed E-state index contributed by atoms with van der Waals surface area (Å²) >= 11 is 1.18. The Kier molecular flexibility index (Phi) is 6.68. The van der Waals surface area contributed by atoms with Crippen LogP contribution in [-0.2, 0) is 22.4 Å². The largest absolute Gasteiger partial charge is 0.416 e. The van der Waals surface area contributed by atoms with E-state index < -0.39 is 32.2 Å². The molecule has 3 aliphatic rings. The molecule has 0 radical (unpaired) electrons. The molecule has 0 aliphatic heterocycles. The summed E-state index contributed by atoms with van der Waals surface area (Å²) < 4.78 is 82.3. The highest BCUT2D eigenvalue weighted by atomic mass is 32.2. The molecule has 0 saturated heterocycles. The zero-order valence-corrected chi connectivity index (χ0v) is 23.4. The molecular formula is C29H25F4N3O3S2. The molecule has 0 bridgehead atoms. The summed E-state index contributed by atoms with van der Waals surface area (Å²) in [4.78, 5) is 18.1. The molecule has 4 atom stereocenters. The van der Waals surface area contributed by atoms with Crippen LogP contribution in [-0.4, -0.2) is 34.2 Å². The second-order valence-corrected chi connectivity index (χ2v) is 13.9. The third-order valence-corrected chi connectivity index (χ3v) is 11.3. The lowest BCUT2D eigenvalue weighted by Gasteiger charge is -2.43. The molecular weight excluding hydrogens is 578 g/mol. The lowest BCUT2D eigenvalue weighted by molar-refractivity contribution is -0.137. The quantitative estimate of drug-likeness (QED) is 0.237. The number of hydrogen-bond acceptors (Lipinski definition) is 6. The van der Waals surface area contributed by atoms with E-state index in [-0.39, 0.29) is 52.7 Å². The fourth-order valence-electron chi connectivity index (χ4n) is 6.23. The van der Waals surface area contributed by atoms with Crippen molar-refractivity contribution in [3.63, 3.8) is 0 Å². The minimum atomic E-state index is -4.59. The number of hydrogen-bond donors (Lipinski definition) is 0. The van der Waals surface area contributed by atoms with Crippen molar-refractivity contribution in [2.75, 3.05) is 0 Å². The van der Waals surface area contributed by atoms with E-state index in [4.69, 9.17) is 0 Å². The normalized spacial score (nSPS) is 26.1. The predicted octanol–water partition coefficient (Wildman–Crippen LogP) is 6.79. The van der Waals surface area contributed by atoms with E-state index in [1.165, 1.54) is 29.7 Å². The average Bonchev–Trinajstić information content (AvgIpc) is 3.61. The fourth-order valence-corrected chi connectivity index (χ4v) is 8.74. The van der Waals surface area contributed by atoms with Crippen LogP contribution >= 0.6 is 11.3 Å². The number of carbonyl (C=O) groups excluding carboxylic acids is 1. The number of ketones is 1. The molecule has 1 aromatic carbocycles. The van der Waals surface area contributed by atoms with Gasteiger partial charge in [0, 0.05) is 17.5 Å². The topological polar surface area (TPSA) is 81.9 Å². The van der Waals surface area contributed by atoms with Crippen molar-refractivity contribution in [1.82, 2.24) is 14.8 Å². The summed E-state index contributed by atoms with van der Waals surface area (Å²) in [6.45, 7) is 1.89. The van der Waals surface area contributed by atoms with Crippen molar-refractivity contribution in [1.29, 1.82) is 0 Å². The number of benzene rings is 1. The first-order chi connectivity index (χ1) is 19.4. The Labute approximate surface area is 238 Å². The van der Waals surface area contributed by atoms with Crippen LogP contribution in [0.3, 0.4) is 0 Å². The number of thiazole rings is 1. The van der Waals surface area contributed by atoms with E-state index in [1.807, 2.05) is 17.7 Å². The van der Waals surface area contributed by atoms with Crippen LogP contribution in [0.15, 0.2) is 76.6 Å². The predicted molar refractivity (Wildman–Crippen MR) is 146 cm³/mol. The molecule has 0 N–H and O–H groups in total. The molecule has 0 spiro atoms. The van der Waals surface area contributed by atoms with Gasteiger partial charge in [-0.15, -0.1) is 11.3 Å². The number of fused-ring (bicyclic) bond motifs is 2. The van der Waals surface area contributed by atoms with Crippen molar-refractivity contribution < 1.29 is 30.8 Å². The Morgan fingerprint density at radius 2 is 1.95 bits per heavy atom. The fraction of sp³-hybridized carbons (Fsp3) is 0.345. The van der Waals surface area contributed by atoms with Gasteiger partial charge < -0.3 is 0 Å². The van der Waals surface area contributed by atoms with Gasteiger partial charge in [-0.25, -0.2) is 17.8 Å². The molecule has 6 nitrogen and oxygen atoms in total. The molecule has 3 aliphatic carbocycles. The smallest absolute Gasteiger partial charge is 0.290 e. The minimum absolute atomic E-state index is 0.0289. The van der Waals surface area contributed by atoms with Crippen molar-refractivity contribution in [3.8, 4) is 0 Å². The summed E-state index contributed by atoms with van der Waals surface area (Å²) in [6, 6.07) is 3.27. The van der Waals surface area contributed by atoms with Gasteiger partial charge in [0.2, 0.25) is 5.78 Å². The molecule has 3 aromatic rings. The molecule has 41 heavy (non-hydrogen) atoms.